The lowest BCUT2D eigenvalue weighted by atomic mass is 9.84. The predicted octanol–water partition coefficient (Wildman–Crippen LogP) is 15.9. The zero-order chi connectivity index (χ0) is 37.7. The highest BCUT2D eigenvalue weighted by atomic mass is 15.1. The predicted molar refractivity (Wildman–Crippen MR) is 245 cm³/mol. The SMILES string of the molecule is c1ccc(-c2c(-c3ccccc3)c3cc(-c4ccc(N(c5ccc6ccccc6c5)c5cc6ccccc6c6ccccc56)cc4)ccc3c3ccccc23)cc1. The molecule has 0 amide bonds. The Kier molecular flexibility index (Phi) is 7.89. The third kappa shape index (κ3) is 5.63. The maximum absolute atomic E-state index is 2.43. The van der Waals surface area contributed by atoms with Crippen LogP contribution in [-0.2, 0) is 0 Å². The first-order valence-electron chi connectivity index (χ1n) is 19.7. The number of rotatable bonds is 6. The summed E-state index contributed by atoms with van der Waals surface area (Å²) in [7, 11) is 0. The molecule has 57 heavy (non-hydrogen) atoms. The molecule has 1 nitrogen and oxygen atoms in total. The maximum atomic E-state index is 2.43. The standard InChI is InChI=1S/C56H37N/c1-3-16-40(17-4-1)55-52-26-14-12-24-49(52)50-34-30-43(36-53(50)56(55)41-18-5-2-6-19-41)39-27-31-45(32-28-39)57(46-33-29-38-15-7-8-20-42(38)35-46)54-37-44-21-9-10-22-47(44)48-23-11-13-25-51(48)54/h1-37H. The van der Waals surface area contributed by atoms with Gasteiger partial charge in [0.15, 0.2) is 0 Å². The Morgan fingerprint density at radius 3 is 1.42 bits per heavy atom. The molecule has 0 heterocycles. The highest BCUT2D eigenvalue weighted by Crippen LogP contribution is 2.47. The molecule has 11 aromatic carbocycles. The van der Waals surface area contributed by atoms with Crippen molar-refractivity contribution in [2.45, 2.75) is 0 Å². The summed E-state index contributed by atoms with van der Waals surface area (Å²) in [5.41, 5.74) is 10.7. The van der Waals surface area contributed by atoms with Crippen molar-refractivity contribution in [3.63, 3.8) is 0 Å². The Hall–Kier alpha value is -7.48. The van der Waals surface area contributed by atoms with Gasteiger partial charge in [-0.2, -0.15) is 0 Å². The lowest BCUT2D eigenvalue weighted by Gasteiger charge is -2.28. The molecule has 0 spiro atoms. The largest absolute Gasteiger partial charge is 0.310 e. The van der Waals surface area contributed by atoms with Crippen LogP contribution < -0.4 is 4.90 Å². The minimum absolute atomic E-state index is 1.11. The van der Waals surface area contributed by atoms with E-state index < -0.39 is 0 Å². The second-order valence-electron chi connectivity index (χ2n) is 14.9. The van der Waals surface area contributed by atoms with Crippen LogP contribution in [0.1, 0.15) is 0 Å². The first kappa shape index (κ1) is 32.9. The Balaban J connectivity index is 1.11. The zero-order valence-electron chi connectivity index (χ0n) is 31.3. The van der Waals surface area contributed by atoms with Gasteiger partial charge in [0.25, 0.3) is 0 Å². The summed E-state index contributed by atoms with van der Waals surface area (Å²) < 4.78 is 0. The Bertz CT molecular complexity index is 3270. The van der Waals surface area contributed by atoms with Gasteiger partial charge in [-0.15, -0.1) is 0 Å². The van der Waals surface area contributed by atoms with Crippen LogP contribution in [0.25, 0.3) is 87.2 Å². The lowest BCUT2D eigenvalue weighted by Crippen LogP contribution is -2.10. The third-order valence-corrected chi connectivity index (χ3v) is 11.6. The molecule has 0 atom stereocenters. The van der Waals surface area contributed by atoms with Gasteiger partial charge in [0, 0.05) is 16.8 Å². The fraction of sp³-hybridized carbons (Fsp3) is 0. The topological polar surface area (TPSA) is 3.24 Å². The second kappa shape index (κ2) is 13.7. The minimum Gasteiger partial charge on any atom is -0.310 e. The van der Waals surface area contributed by atoms with Crippen LogP contribution in [0, 0.1) is 0 Å². The fourth-order valence-corrected chi connectivity index (χ4v) is 8.95. The van der Waals surface area contributed by atoms with Crippen molar-refractivity contribution in [3.05, 3.63) is 224 Å². The monoisotopic (exact) mass is 723 g/mol. The first-order chi connectivity index (χ1) is 28.3. The van der Waals surface area contributed by atoms with E-state index in [1.807, 2.05) is 0 Å². The van der Waals surface area contributed by atoms with Crippen LogP contribution in [0.2, 0.25) is 0 Å². The number of fused-ring (bicyclic) bond motifs is 7. The van der Waals surface area contributed by atoms with E-state index in [0.29, 0.717) is 0 Å². The number of benzene rings is 11. The Morgan fingerprint density at radius 1 is 0.228 bits per heavy atom. The first-order valence-corrected chi connectivity index (χ1v) is 19.7. The maximum Gasteiger partial charge on any atom is 0.0546 e. The zero-order valence-corrected chi connectivity index (χ0v) is 31.3. The van der Waals surface area contributed by atoms with Crippen LogP contribution in [0.4, 0.5) is 17.1 Å². The molecule has 0 fully saturated rings. The van der Waals surface area contributed by atoms with E-state index in [-0.39, 0.29) is 0 Å². The van der Waals surface area contributed by atoms with Gasteiger partial charge in [0.2, 0.25) is 0 Å². The molecule has 0 aliphatic heterocycles. The quantitative estimate of drug-likeness (QED) is 0.154. The number of hydrogen-bond donors (Lipinski definition) is 0. The molecule has 11 rings (SSSR count). The van der Waals surface area contributed by atoms with Crippen molar-refractivity contribution in [2.75, 3.05) is 4.90 Å². The van der Waals surface area contributed by atoms with E-state index in [1.165, 1.54) is 87.2 Å². The average molecular weight is 724 g/mol. The highest BCUT2D eigenvalue weighted by molar-refractivity contribution is 6.22. The van der Waals surface area contributed by atoms with E-state index in [2.05, 4.69) is 229 Å². The third-order valence-electron chi connectivity index (χ3n) is 11.6. The minimum atomic E-state index is 1.11. The molecule has 0 aromatic heterocycles. The van der Waals surface area contributed by atoms with Crippen LogP contribution in [0.3, 0.4) is 0 Å². The van der Waals surface area contributed by atoms with Crippen molar-refractivity contribution < 1.29 is 0 Å². The summed E-state index contributed by atoms with van der Waals surface area (Å²) in [6.07, 6.45) is 0. The summed E-state index contributed by atoms with van der Waals surface area (Å²) >= 11 is 0. The van der Waals surface area contributed by atoms with E-state index in [1.54, 1.807) is 0 Å². The van der Waals surface area contributed by atoms with Crippen LogP contribution in [-0.4, -0.2) is 0 Å². The van der Waals surface area contributed by atoms with Gasteiger partial charge in [-0.3, -0.25) is 0 Å². The molecule has 0 radical (unpaired) electrons. The molecule has 11 aromatic rings. The van der Waals surface area contributed by atoms with Crippen LogP contribution in [0.15, 0.2) is 224 Å². The summed E-state index contributed by atoms with van der Waals surface area (Å²) in [6.45, 7) is 0. The number of hydrogen-bond acceptors (Lipinski definition) is 1. The molecule has 1 heteroatoms. The fourth-order valence-electron chi connectivity index (χ4n) is 8.95. The molecule has 0 aliphatic rings. The van der Waals surface area contributed by atoms with Crippen molar-refractivity contribution in [3.8, 4) is 33.4 Å². The van der Waals surface area contributed by atoms with Gasteiger partial charge < -0.3 is 4.90 Å². The Labute approximate surface area is 332 Å². The summed E-state index contributed by atoms with van der Waals surface area (Å²) in [6, 6.07) is 82.1. The molecule has 0 N–H and O–H groups in total. The van der Waals surface area contributed by atoms with Gasteiger partial charge in [0.05, 0.1) is 5.69 Å². The van der Waals surface area contributed by atoms with E-state index in [0.717, 1.165) is 17.1 Å². The van der Waals surface area contributed by atoms with Crippen molar-refractivity contribution >= 4 is 70.9 Å². The van der Waals surface area contributed by atoms with Gasteiger partial charge >= 0.3 is 0 Å². The van der Waals surface area contributed by atoms with E-state index in [9.17, 15) is 0 Å². The number of anilines is 3. The number of nitrogens with zero attached hydrogens (tertiary/aromatic N) is 1. The molecular weight excluding hydrogens is 687 g/mol. The van der Waals surface area contributed by atoms with Gasteiger partial charge in [-0.25, -0.2) is 0 Å². The van der Waals surface area contributed by atoms with Crippen molar-refractivity contribution in [1.29, 1.82) is 0 Å². The Morgan fingerprint density at radius 2 is 0.719 bits per heavy atom. The smallest absolute Gasteiger partial charge is 0.0546 e. The van der Waals surface area contributed by atoms with Gasteiger partial charge in [0.1, 0.15) is 0 Å². The molecule has 0 aliphatic carbocycles. The van der Waals surface area contributed by atoms with Crippen LogP contribution >= 0.6 is 0 Å². The van der Waals surface area contributed by atoms with Gasteiger partial charge in [-0.1, -0.05) is 188 Å². The summed E-state index contributed by atoms with van der Waals surface area (Å²) in [5.74, 6) is 0. The molecule has 0 unspecified atom stereocenters. The molecule has 266 valence electrons. The summed E-state index contributed by atoms with van der Waals surface area (Å²) in [4.78, 5) is 2.43. The molecule has 0 saturated carbocycles. The van der Waals surface area contributed by atoms with Crippen LogP contribution in [0.5, 0.6) is 0 Å². The van der Waals surface area contributed by atoms with Crippen molar-refractivity contribution in [1.82, 2.24) is 0 Å². The summed E-state index contributed by atoms with van der Waals surface area (Å²) in [5, 5.41) is 12.4. The second-order valence-corrected chi connectivity index (χ2v) is 14.9. The van der Waals surface area contributed by atoms with E-state index >= 15 is 0 Å². The highest BCUT2D eigenvalue weighted by Gasteiger charge is 2.20. The molecular formula is C56H37N. The normalized spacial score (nSPS) is 11.5. The van der Waals surface area contributed by atoms with Gasteiger partial charge in [-0.05, 0) is 118 Å². The van der Waals surface area contributed by atoms with E-state index in [4.69, 9.17) is 0 Å². The van der Waals surface area contributed by atoms with Crippen molar-refractivity contribution in [2.24, 2.45) is 0 Å². The molecule has 0 saturated heterocycles. The lowest BCUT2D eigenvalue weighted by molar-refractivity contribution is 1.31. The molecule has 0 bridgehead atoms. The average Bonchev–Trinajstić information content (AvgIpc) is 3.29.